The predicted molar refractivity (Wildman–Crippen MR) is 117 cm³/mol. The zero-order chi connectivity index (χ0) is 21.6. The van der Waals surface area contributed by atoms with Crippen molar-refractivity contribution >= 4 is 21.6 Å². The van der Waals surface area contributed by atoms with Crippen LogP contribution in [0.15, 0.2) is 48.5 Å². The number of carbonyl (C=O) groups excluding carboxylic acids is 1. The Balaban J connectivity index is 2.24. The topological polar surface area (TPSA) is 75.7 Å². The average molecular weight is 419 g/mol. The minimum Gasteiger partial charge on any atom is -0.494 e. The van der Waals surface area contributed by atoms with Crippen molar-refractivity contribution in [3.05, 3.63) is 59.7 Å². The highest BCUT2D eigenvalue weighted by Crippen LogP contribution is 2.25. The van der Waals surface area contributed by atoms with Gasteiger partial charge in [-0.1, -0.05) is 36.8 Å². The lowest BCUT2D eigenvalue weighted by Gasteiger charge is -2.30. The van der Waals surface area contributed by atoms with Gasteiger partial charge in [-0.25, -0.2) is 8.42 Å². The van der Waals surface area contributed by atoms with E-state index in [9.17, 15) is 13.2 Å². The minimum absolute atomic E-state index is 0.188. The molecule has 0 aromatic heterocycles. The van der Waals surface area contributed by atoms with E-state index in [-0.39, 0.29) is 11.9 Å². The quantitative estimate of drug-likeness (QED) is 0.672. The lowest BCUT2D eigenvalue weighted by Crippen LogP contribution is -2.48. The number of hydrogen-bond donors (Lipinski definition) is 1. The second-order valence-electron chi connectivity index (χ2n) is 7.04. The highest BCUT2D eigenvalue weighted by atomic mass is 32.2. The van der Waals surface area contributed by atoms with Crippen LogP contribution in [0.5, 0.6) is 5.75 Å². The van der Waals surface area contributed by atoms with Crippen molar-refractivity contribution in [2.45, 2.75) is 46.2 Å². The molecule has 7 heteroatoms. The SMILES string of the molecule is CCOc1ccc(N([C@H](C)C(=O)N[C@@H](CC)c2ccc(C)cc2)S(C)(=O)=O)cc1. The third-order valence-corrected chi connectivity index (χ3v) is 5.94. The summed E-state index contributed by atoms with van der Waals surface area (Å²) >= 11 is 0. The van der Waals surface area contributed by atoms with Gasteiger partial charge in [0.2, 0.25) is 15.9 Å². The Hall–Kier alpha value is -2.54. The highest BCUT2D eigenvalue weighted by molar-refractivity contribution is 7.92. The van der Waals surface area contributed by atoms with E-state index in [2.05, 4.69) is 5.32 Å². The van der Waals surface area contributed by atoms with Gasteiger partial charge >= 0.3 is 0 Å². The van der Waals surface area contributed by atoms with E-state index in [4.69, 9.17) is 4.74 Å². The van der Waals surface area contributed by atoms with E-state index in [1.165, 1.54) is 0 Å². The molecule has 158 valence electrons. The first-order valence-electron chi connectivity index (χ1n) is 9.76. The van der Waals surface area contributed by atoms with Gasteiger partial charge < -0.3 is 10.1 Å². The number of carbonyl (C=O) groups is 1. The Morgan fingerprint density at radius 3 is 2.14 bits per heavy atom. The lowest BCUT2D eigenvalue weighted by atomic mass is 10.0. The van der Waals surface area contributed by atoms with Crippen LogP contribution in [0.25, 0.3) is 0 Å². The number of nitrogens with one attached hydrogen (secondary N) is 1. The summed E-state index contributed by atoms with van der Waals surface area (Å²) in [5, 5.41) is 2.99. The van der Waals surface area contributed by atoms with Crippen LogP contribution in [0.1, 0.15) is 44.4 Å². The normalized spacial score (nSPS) is 13.4. The number of rotatable bonds is 9. The van der Waals surface area contributed by atoms with Crippen molar-refractivity contribution in [2.24, 2.45) is 0 Å². The summed E-state index contributed by atoms with van der Waals surface area (Å²) in [4.78, 5) is 12.9. The largest absolute Gasteiger partial charge is 0.494 e. The van der Waals surface area contributed by atoms with Crippen LogP contribution < -0.4 is 14.4 Å². The molecule has 0 radical (unpaired) electrons. The number of anilines is 1. The van der Waals surface area contributed by atoms with Crippen LogP contribution in [-0.2, 0) is 14.8 Å². The maximum atomic E-state index is 12.9. The van der Waals surface area contributed by atoms with E-state index in [0.29, 0.717) is 24.5 Å². The fraction of sp³-hybridized carbons (Fsp3) is 0.409. The molecule has 0 saturated carbocycles. The molecule has 0 spiro atoms. The summed E-state index contributed by atoms with van der Waals surface area (Å²) in [5.74, 6) is 0.295. The van der Waals surface area contributed by atoms with Gasteiger partial charge in [-0.05, 0) is 57.0 Å². The second-order valence-corrected chi connectivity index (χ2v) is 8.90. The first kappa shape index (κ1) is 22.7. The van der Waals surface area contributed by atoms with Gasteiger partial charge in [0.1, 0.15) is 11.8 Å². The summed E-state index contributed by atoms with van der Waals surface area (Å²) in [6.07, 6.45) is 1.80. The van der Waals surface area contributed by atoms with Gasteiger partial charge in [-0.3, -0.25) is 9.10 Å². The maximum absolute atomic E-state index is 12.9. The molecular formula is C22H30N2O4S. The first-order valence-corrected chi connectivity index (χ1v) is 11.6. The second kappa shape index (κ2) is 9.78. The number of aryl methyl sites for hydroxylation is 1. The van der Waals surface area contributed by atoms with E-state index >= 15 is 0 Å². The number of amides is 1. The van der Waals surface area contributed by atoms with Crippen molar-refractivity contribution in [1.29, 1.82) is 0 Å². The van der Waals surface area contributed by atoms with Gasteiger partial charge in [0, 0.05) is 0 Å². The molecule has 0 heterocycles. The van der Waals surface area contributed by atoms with Crippen molar-refractivity contribution in [3.63, 3.8) is 0 Å². The summed E-state index contributed by atoms with van der Waals surface area (Å²) in [7, 11) is -3.67. The highest BCUT2D eigenvalue weighted by Gasteiger charge is 2.30. The molecule has 29 heavy (non-hydrogen) atoms. The molecule has 1 N–H and O–H groups in total. The molecule has 0 bridgehead atoms. The molecule has 0 unspecified atom stereocenters. The van der Waals surface area contributed by atoms with E-state index < -0.39 is 16.1 Å². The fourth-order valence-electron chi connectivity index (χ4n) is 3.18. The van der Waals surface area contributed by atoms with E-state index in [1.54, 1.807) is 31.2 Å². The third-order valence-electron chi connectivity index (χ3n) is 4.70. The van der Waals surface area contributed by atoms with Crippen LogP contribution in [0.2, 0.25) is 0 Å². The van der Waals surface area contributed by atoms with E-state index in [0.717, 1.165) is 21.7 Å². The fourth-order valence-corrected chi connectivity index (χ4v) is 4.35. The molecule has 0 aliphatic carbocycles. The van der Waals surface area contributed by atoms with Crippen LogP contribution in [0, 0.1) is 6.92 Å². The van der Waals surface area contributed by atoms with E-state index in [1.807, 2.05) is 45.0 Å². The summed E-state index contributed by atoms with van der Waals surface area (Å²) < 4.78 is 31.5. The third kappa shape index (κ3) is 5.97. The molecule has 2 aromatic carbocycles. The standard InChI is InChI=1S/C22H30N2O4S/c1-6-21(18-10-8-16(3)9-11-18)23-22(25)17(4)24(29(5,26)27)19-12-14-20(15-13-19)28-7-2/h8-15,17,21H,6-7H2,1-5H3,(H,23,25)/t17-,21+/m1/s1. The predicted octanol–water partition coefficient (Wildman–Crippen LogP) is 3.82. The first-order chi connectivity index (χ1) is 13.7. The number of hydrogen-bond acceptors (Lipinski definition) is 4. The average Bonchev–Trinajstić information content (AvgIpc) is 2.67. The molecule has 2 atom stereocenters. The number of ether oxygens (including phenoxy) is 1. The summed E-state index contributed by atoms with van der Waals surface area (Å²) in [6.45, 7) is 7.98. The molecule has 1 amide bonds. The van der Waals surface area contributed by atoms with Gasteiger partial charge in [-0.15, -0.1) is 0 Å². The van der Waals surface area contributed by atoms with Crippen molar-refractivity contribution in [2.75, 3.05) is 17.2 Å². The summed E-state index contributed by atoms with van der Waals surface area (Å²) in [5.41, 5.74) is 2.55. The van der Waals surface area contributed by atoms with Crippen molar-refractivity contribution < 1.29 is 17.9 Å². The van der Waals surface area contributed by atoms with Crippen molar-refractivity contribution in [3.8, 4) is 5.75 Å². The van der Waals surface area contributed by atoms with Gasteiger partial charge in [0.15, 0.2) is 0 Å². The molecule has 0 saturated heterocycles. The molecule has 0 aliphatic heterocycles. The molecule has 0 aliphatic rings. The van der Waals surface area contributed by atoms with Crippen LogP contribution >= 0.6 is 0 Å². The molecule has 2 rings (SSSR count). The Morgan fingerprint density at radius 1 is 1.07 bits per heavy atom. The van der Waals surface area contributed by atoms with Gasteiger partial charge in [-0.2, -0.15) is 0 Å². The summed E-state index contributed by atoms with van der Waals surface area (Å²) in [6, 6.07) is 13.6. The molecule has 0 fully saturated rings. The van der Waals surface area contributed by atoms with Crippen LogP contribution in [0.4, 0.5) is 5.69 Å². The zero-order valence-corrected chi connectivity index (χ0v) is 18.5. The van der Waals surface area contributed by atoms with Crippen molar-refractivity contribution in [1.82, 2.24) is 5.32 Å². The van der Waals surface area contributed by atoms with Crippen LogP contribution in [0.3, 0.4) is 0 Å². The number of benzene rings is 2. The molecular weight excluding hydrogens is 388 g/mol. The maximum Gasteiger partial charge on any atom is 0.244 e. The Labute approximate surface area is 173 Å². The minimum atomic E-state index is -3.67. The number of nitrogens with zero attached hydrogens (tertiary/aromatic N) is 1. The molecule has 2 aromatic rings. The van der Waals surface area contributed by atoms with Gasteiger partial charge in [0.05, 0.1) is 24.6 Å². The number of sulfonamides is 1. The lowest BCUT2D eigenvalue weighted by molar-refractivity contribution is -0.122. The Kier molecular flexibility index (Phi) is 7.67. The van der Waals surface area contributed by atoms with Gasteiger partial charge in [0.25, 0.3) is 0 Å². The smallest absolute Gasteiger partial charge is 0.244 e. The Morgan fingerprint density at radius 2 is 1.66 bits per heavy atom. The zero-order valence-electron chi connectivity index (χ0n) is 17.7. The Bertz CT molecular complexity index is 909. The van der Waals surface area contributed by atoms with Crippen LogP contribution in [-0.4, -0.2) is 33.2 Å². The molecule has 6 nitrogen and oxygen atoms in total. The monoisotopic (exact) mass is 418 g/mol.